The second-order valence-electron chi connectivity index (χ2n) is 7.28. The van der Waals surface area contributed by atoms with Crippen LogP contribution in [-0.2, 0) is 17.9 Å². The summed E-state index contributed by atoms with van der Waals surface area (Å²) in [7, 11) is 0. The number of nitrogens with one attached hydrogen (secondary N) is 1. The van der Waals surface area contributed by atoms with Gasteiger partial charge in [-0.05, 0) is 43.0 Å². The summed E-state index contributed by atoms with van der Waals surface area (Å²) in [6.07, 6.45) is 0. The van der Waals surface area contributed by atoms with Crippen LogP contribution in [0.3, 0.4) is 0 Å². The van der Waals surface area contributed by atoms with Gasteiger partial charge in [0.2, 0.25) is 5.91 Å². The predicted molar refractivity (Wildman–Crippen MR) is 121 cm³/mol. The van der Waals surface area contributed by atoms with E-state index in [0.717, 1.165) is 28.4 Å². The van der Waals surface area contributed by atoms with Gasteiger partial charge in [0.1, 0.15) is 12.4 Å². The van der Waals surface area contributed by atoms with Crippen molar-refractivity contribution in [3.63, 3.8) is 0 Å². The maximum absolute atomic E-state index is 12.5. The second kappa shape index (κ2) is 10.3. The van der Waals surface area contributed by atoms with E-state index < -0.39 is 0 Å². The summed E-state index contributed by atoms with van der Waals surface area (Å²) in [5, 5.41) is 12.3. The maximum Gasteiger partial charge on any atom is 0.234 e. The Morgan fingerprint density at radius 3 is 2.60 bits per heavy atom. The number of aromatic nitrogens is 3. The standard InChI is InChI=1S/C23H28N4O2S/c1-5-27-21(14-29-20-13-9-6-10-17(20)4)25-26-23(27)30-15-22(28)24-19-12-8-7-11-18(19)16(2)3/h6-13,16H,5,14-15H2,1-4H3,(H,24,28). The summed E-state index contributed by atoms with van der Waals surface area (Å²) >= 11 is 1.38. The fourth-order valence-electron chi connectivity index (χ4n) is 3.14. The number of hydrogen-bond acceptors (Lipinski definition) is 5. The third kappa shape index (κ3) is 5.42. The third-order valence-electron chi connectivity index (χ3n) is 4.75. The van der Waals surface area contributed by atoms with E-state index in [1.807, 2.05) is 66.9 Å². The number of aryl methyl sites for hydroxylation is 1. The minimum absolute atomic E-state index is 0.0588. The number of carbonyl (C=O) groups is 1. The molecular weight excluding hydrogens is 396 g/mol. The van der Waals surface area contributed by atoms with Crippen molar-refractivity contribution in [2.75, 3.05) is 11.1 Å². The summed E-state index contributed by atoms with van der Waals surface area (Å²) in [4.78, 5) is 12.5. The minimum atomic E-state index is -0.0588. The van der Waals surface area contributed by atoms with Crippen LogP contribution in [0.15, 0.2) is 53.7 Å². The Hall–Kier alpha value is -2.80. The number of rotatable bonds is 9. The Balaban J connectivity index is 1.61. The van der Waals surface area contributed by atoms with Crippen LogP contribution in [0.1, 0.15) is 43.6 Å². The summed E-state index contributed by atoms with van der Waals surface area (Å²) in [5.74, 6) is 2.13. The monoisotopic (exact) mass is 424 g/mol. The summed E-state index contributed by atoms with van der Waals surface area (Å²) in [6, 6.07) is 15.8. The van der Waals surface area contributed by atoms with Gasteiger partial charge in [-0.2, -0.15) is 0 Å². The molecule has 1 heterocycles. The largest absolute Gasteiger partial charge is 0.485 e. The predicted octanol–water partition coefficient (Wildman–Crippen LogP) is 5.04. The highest BCUT2D eigenvalue weighted by Gasteiger charge is 2.15. The van der Waals surface area contributed by atoms with Crippen LogP contribution in [0.4, 0.5) is 5.69 Å². The Morgan fingerprint density at radius 2 is 1.87 bits per heavy atom. The van der Waals surface area contributed by atoms with E-state index in [4.69, 9.17) is 4.74 Å². The molecule has 0 fully saturated rings. The lowest BCUT2D eigenvalue weighted by Crippen LogP contribution is -2.16. The van der Waals surface area contributed by atoms with Crippen LogP contribution in [0, 0.1) is 6.92 Å². The number of anilines is 1. The fourth-order valence-corrected chi connectivity index (χ4v) is 3.96. The van der Waals surface area contributed by atoms with Crippen LogP contribution >= 0.6 is 11.8 Å². The zero-order chi connectivity index (χ0) is 21.5. The Kier molecular flexibility index (Phi) is 7.52. The average Bonchev–Trinajstić information content (AvgIpc) is 3.13. The van der Waals surface area contributed by atoms with Crippen LogP contribution in [0.5, 0.6) is 5.75 Å². The smallest absolute Gasteiger partial charge is 0.234 e. The lowest BCUT2D eigenvalue weighted by molar-refractivity contribution is -0.113. The van der Waals surface area contributed by atoms with Crippen LogP contribution in [0.2, 0.25) is 0 Å². The van der Waals surface area contributed by atoms with Gasteiger partial charge in [0.25, 0.3) is 0 Å². The van der Waals surface area contributed by atoms with Crippen LogP contribution in [0.25, 0.3) is 0 Å². The molecule has 1 amide bonds. The highest BCUT2D eigenvalue weighted by atomic mass is 32.2. The van der Waals surface area contributed by atoms with Gasteiger partial charge >= 0.3 is 0 Å². The van der Waals surface area contributed by atoms with Gasteiger partial charge in [-0.1, -0.05) is 62.0 Å². The molecule has 2 aromatic carbocycles. The molecule has 0 saturated heterocycles. The zero-order valence-corrected chi connectivity index (χ0v) is 18.7. The fraction of sp³-hybridized carbons (Fsp3) is 0.348. The summed E-state index contributed by atoms with van der Waals surface area (Å²) in [6.45, 7) is 9.31. The van der Waals surface area contributed by atoms with Gasteiger partial charge in [-0.25, -0.2) is 0 Å². The van der Waals surface area contributed by atoms with Gasteiger partial charge < -0.3 is 14.6 Å². The molecule has 0 atom stereocenters. The van der Waals surface area contributed by atoms with E-state index in [2.05, 4.69) is 29.4 Å². The van der Waals surface area contributed by atoms with Crippen molar-refractivity contribution in [1.29, 1.82) is 0 Å². The molecule has 0 aliphatic rings. The van der Waals surface area contributed by atoms with Gasteiger partial charge in [-0.3, -0.25) is 4.79 Å². The van der Waals surface area contributed by atoms with Crippen molar-refractivity contribution in [3.05, 3.63) is 65.5 Å². The van der Waals surface area contributed by atoms with E-state index in [0.29, 0.717) is 24.2 Å². The van der Waals surface area contributed by atoms with Crippen LogP contribution < -0.4 is 10.1 Å². The van der Waals surface area contributed by atoms with Crippen molar-refractivity contribution in [2.45, 2.75) is 51.9 Å². The lowest BCUT2D eigenvalue weighted by Gasteiger charge is -2.13. The molecule has 158 valence electrons. The van der Waals surface area contributed by atoms with E-state index in [-0.39, 0.29) is 11.7 Å². The number of amides is 1. The Morgan fingerprint density at radius 1 is 1.13 bits per heavy atom. The molecule has 3 rings (SSSR count). The topological polar surface area (TPSA) is 69.0 Å². The lowest BCUT2D eigenvalue weighted by atomic mass is 10.0. The van der Waals surface area contributed by atoms with E-state index in [1.54, 1.807) is 0 Å². The number of benzene rings is 2. The Bertz CT molecular complexity index is 1000. The number of hydrogen-bond donors (Lipinski definition) is 1. The molecule has 3 aromatic rings. The molecule has 0 spiro atoms. The highest BCUT2D eigenvalue weighted by molar-refractivity contribution is 7.99. The van der Waals surface area contributed by atoms with Crippen LogP contribution in [-0.4, -0.2) is 26.4 Å². The SMILES string of the molecule is CCn1c(COc2ccccc2C)nnc1SCC(=O)Nc1ccccc1C(C)C. The summed E-state index contributed by atoms with van der Waals surface area (Å²) < 4.78 is 7.89. The molecular formula is C23H28N4O2S. The van der Waals surface area contributed by atoms with Gasteiger partial charge in [0.15, 0.2) is 11.0 Å². The highest BCUT2D eigenvalue weighted by Crippen LogP contribution is 2.25. The normalized spacial score (nSPS) is 11.0. The Labute approximate surface area is 182 Å². The molecule has 0 aliphatic carbocycles. The van der Waals surface area contributed by atoms with E-state index in [9.17, 15) is 4.79 Å². The molecule has 0 bridgehead atoms. The van der Waals surface area contributed by atoms with Crippen molar-refractivity contribution in [1.82, 2.24) is 14.8 Å². The number of nitrogens with zero attached hydrogens (tertiary/aromatic N) is 3. The molecule has 0 aliphatic heterocycles. The number of para-hydroxylation sites is 2. The zero-order valence-electron chi connectivity index (χ0n) is 17.9. The average molecular weight is 425 g/mol. The van der Waals surface area contributed by atoms with Crippen molar-refractivity contribution in [2.24, 2.45) is 0 Å². The first-order chi connectivity index (χ1) is 14.5. The van der Waals surface area contributed by atoms with Crippen molar-refractivity contribution >= 4 is 23.4 Å². The first kappa shape index (κ1) is 21.9. The quantitative estimate of drug-likeness (QED) is 0.487. The van der Waals surface area contributed by atoms with Gasteiger partial charge in [-0.15, -0.1) is 10.2 Å². The van der Waals surface area contributed by atoms with Crippen molar-refractivity contribution in [3.8, 4) is 5.75 Å². The van der Waals surface area contributed by atoms with Gasteiger partial charge in [0, 0.05) is 12.2 Å². The molecule has 1 N–H and O–H groups in total. The maximum atomic E-state index is 12.5. The minimum Gasteiger partial charge on any atom is -0.485 e. The molecule has 7 heteroatoms. The molecule has 0 radical (unpaired) electrons. The number of thioether (sulfide) groups is 1. The number of ether oxygens (including phenoxy) is 1. The van der Waals surface area contributed by atoms with E-state index in [1.165, 1.54) is 11.8 Å². The first-order valence-corrected chi connectivity index (χ1v) is 11.1. The molecule has 6 nitrogen and oxygen atoms in total. The molecule has 0 unspecified atom stereocenters. The summed E-state index contributed by atoms with van der Waals surface area (Å²) in [5.41, 5.74) is 3.07. The molecule has 0 saturated carbocycles. The first-order valence-electron chi connectivity index (χ1n) is 10.1. The second-order valence-corrected chi connectivity index (χ2v) is 8.22. The molecule has 30 heavy (non-hydrogen) atoms. The third-order valence-corrected chi connectivity index (χ3v) is 5.72. The molecule has 1 aromatic heterocycles. The van der Waals surface area contributed by atoms with Gasteiger partial charge in [0.05, 0.1) is 5.75 Å². The van der Waals surface area contributed by atoms with Crippen molar-refractivity contribution < 1.29 is 9.53 Å². The number of carbonyl (C=O) groups excluding carboxylic acids is 1. The van der Waals surface area contributed by atoms with E-state index >= 15 is 0 Å².